The molecule has 1 rings (SSSR count). The first-order valence-corrected chi connectivity index (χ1v) is 4.43. The minimum Gasteiger partial charge on any atom is -0.492 e. The lowest BCUT2D eigenvalue weighted by Gasteiger charge is -2.05. The fraction of sp³-hybridized carbons (Fsp3) is 0.222. The third kappa shape index (κ3) is 3.82. The highest BCUT2D eigenvalue weighted by Crippen LogP contribution is 2.16. The normalized spacial score (nSPS) is 9.50. The Bertz CT molecular complexity index is 376. The Morgan fingerprint density at radius 3 is 2.56 bits per heavy atom. The van der Waals surface area contributed by atoms with Crippen molar-refractivity contribution in [2.24, 2.45) is 0 Å². The highest BCUT2D eigenvalue weighted by molar-refractivity contribution is 5.64. The molecule has 0 atom stereocenters. The Balaban J connectivity index is 2.38. The zero-order valence-corrected chi connectivity index (χ0v) is 8.25. The van der Waals surface area contributed by atoms with Crippen molar-refractivity contribution in [2.75, 3.05) is 13.2 Å². The van der Waals surface area contributed by atoms with E-state index in [0.717, 1.165) is 0 Å². The molecule has 0 unspecified atom stereocenters. The van der Waals surface area contributed by atoms with Crippen molar-refractivity contribution in [2.45, 2.75) is 0 Å². The topological polar surface area (TPSA) is 102 Å². The van der Waals surface area contributed by atoms with Crippen LogP contribution in [-0.4, -0.2) is 29.3 Å². The van der Waals surface area contributed by atoms with Gasteiger partial charge in [0.15, 0.2) is 0 Å². The molecule has 86 valence electrons. The molecule has 2 N–H and O–H groups in total. The highest BCUT2D eigenvalue weighted by Gasteiger charge is 2.04. The molecule has 0 aliphatic rings. The number of benzene rings is 1. The molecule has 0 aliphatic carbocycles. The predicted molar refractivity (Wildman–Crippen MR) is 54.6 cm³/mol. The van der Waals surface area contributed by atoms with Crippen molar-refractivity contribution in [1.29, 1.82) is 0 Å². The van der Waals surface area contributed by atoms with E-state index in [1.165, 1.54) is 24.3 Å². The van der Waals surface area contributed by atoms with E-state index in [-0.39, 0.29) is 18.8 Å². The van der Waals surface area contributed by atoms with Gasteiger partial charge < -0.3 is 15.2 Å². The molecule has 0 saturated heterocycles. The first-order valence-electron chi connectivity index (χ1n) is 4.43. The monoisotopic (exact) mass is 226 g/mol. The van der Waals surface area contributed by atoms with Gasteiger partial charge in [0.2, 0.25) is 0 Å². The minimum absolute atomic E-state index is 0.0176. The maximum atomic E-state index is 10.3. The summed E-state index contributed by atoms with van der Waals surface area (Å²) in [5.41, 5.74) is -0.0176. The van der Waals surface area contributed by atoms with Crippen LogP contribution in [0.1, 0.15) is 0 Å². The molecule has 0 heterocycles. The summed E-state index contributed by atoms with van der Waals surface area (Å²) in [7, 11) is 0. The zero-order chi connectivity index (χ0) is 12.0. The van der Waals surface area contributed by atoms with Crippen molar-refractivity contribution in [3.8, 4) is 5.75 Å². The van der Waals surface area contributed by atoms with E-state index in [4.69, 9.17) is 9.84 Å². The Labute approximate surface area is 90.8 Å². The van der Waals surface area contributed by atoms with Crippen LogP contribution < -0.4 is 10.1 Å². The summed E-state index contributed by atoms with van der Waals surface area (Å²) in [5, 5.41) is 20.7. The standard InChI is InChI=1S/C9H10N2O5/c12-9(13)10-5-6-16-8-3-1-7(2-4-8)11(14)15/h1-4,10H,5-6H2,(H,12,13). The molecule has 1 aromatic rings. The molecule has 0 aromatic heterocycles. The molecule has 7 heteroatoms. The molecule has 16 heavy (non-hydrogen) atoms. The van der Waals surface area contributed by atoms with Gasteiger partial charge in [0.05, 0.1) is 11.5 Å². The number of hydrogen-bond acceptors (Lipinski definition) is 4. The number of nitrogens with one attached hydrogen (secondary N) is 1. The summed E-state index contributed by atoms with van der Waals surface area (Å²) in [4.78, 5) is 19.9. The minimum atomic E-state index is -1.12. The molecule has 7 nitrogen and oxygen atoms in total. The number of carbonyl (C=O) groups is 1. The number of non-ortho nitro benzene ring substituents is 1. The first-order chi connectivity index (χ1) is 7.59. The molecule has 0 saturated carbocycles. The predicted octanol–water partition coefficient (Wildman–Crippen LogP) is 1.24. The van der Waals surface area contributed by atoms with E-state index in [9.17, 15) is 14.9 Å². The van der Waals surface area contributed by atoms with Crippen LogP contribution in [0.2, 0.25) is 0 Å². The number of nitrogens with zero attached hydrogens (tertiary/aromatic N) is 1. The molecule has 1 amide bonds. The fourth-order valence-electron chi connectivity index (χ4n) is 0.991. The van der Waals surface area contributed by atoms with Crippen molar-refractivity contribution >= 4 is 11.8 Å². The lowest BCUT2D eigenvalue weighted by atomic mass is 10.3. The quantitative estimate of drug-likeness (QED) is 0.446. The molecule has 0 fully saturated rings. The fourth-order valence-corrected chi connectivity index (χ4v) is 0.991. The van der Waals surface area contributed by atoms with Gasteiger partial charge in [0, 0.05) is 12.1 Å². The van der Waals surface area contributed by atoms with Crippen LogP contribution in [0.5, 0.6) is 5.75 Å². The number of hydrogen-bond donors (Lipinski definition) is 2. The lowest BCUT2D eigenvalue weighted by Crippen LogP contribution is -2.26. The highest BCUT2D eigenvalue weighted by atomic mass is 16.6. The van der Waals surface area contributed by atoms with E-state index in [0.29, 0.717) is 5.75 Å². The van der Waals surface area contributed by atoms with Crippen molar-refractivity contribution < 1.29 is 19.6 Å². The summed E-state index contributed by atoms with van der Waals surface area (Å²) in [6.07, 6.45) is -1.12. The first kappa shape index (κ1) is 11.8. The van der Waals surface area contributed by atoms with Gasteiger partial charge in [-0.05, 0) is 12.1 Å². The summed E-state index contributed by atoms with van der Waals surface area (Å²) >= 11 is 0. The maximum Gasteiger partial charge on any atom is 0.404 e. The third-order valence-corrected chi connectivity index (χ3v) is 1.69. The second kappa shape index (κ2) is 5.54. The zero-order valence-electron chi connectivity index (χ0n) is 8.25. The van der Waals surface area contributed by atoms with Crippen LogP contribution in [0, 0.1) is 10.1 Å². The Kier molecular flexibility index (Phi) is 4.07. The van der Waals surface area contributed by atoms with Gasteiger partial charge in [-0.2, -0.15) is 0 Å². The van der Waals surface area contributed by atoms with Crippen molar-refractivity contribution in [3.05, 3.63) is 34.4 Å². The number of amides is 1. The van der Waals surface area contributed by atoms with Gasteiger partial charge in [0.25, 0.3) is 5.69 Å². The van der Waals surface area contributed by atoms with Crippen LogP contribution in [-0.2, 0) is 0 Å². The number of nitro groups is 1. The Morgan fingerprint density at radius 1 is 1.44 bits per heavy atom. The summed E-state index contributed by atoms with van der Waals surface area (Å²) in [6.45, 7) is 0.330. The molecular formula is C9H10N2O5. The van der Waals surface area contributed by atoms with E-state index in [2.05, 4.69) is 5.32 Å². The average Bonchev–Trinajstić information content (AvgIpc) is 2.25. The molecule has 1 aromatic carbocycles. The van der Waals surface area contributed by atoms with Crippen LogP contribution in [0.3, 0.4) is 0 Å². The number of rotatable bonds is 5. The van der Waals surface area contributed by atoms with E-state index < -0.39 is 11.0 Å². The summed E-state index contributed by atoms with van der Waals surface area (Å²) in [6, 6.07) is 5.55. The Morgan fingerprint density at radius 2 is 2.06 bits per heavy atom. The molecule has 0 aliphatic heterocycles. The van der Waals surface area contributed by atoms with Crippen LogP contribution >= 0.6 is 0 Å². The number of carboxylic acid groups (broad SMARTS) is 1. The second-order valence-corrected chi connectivity index (χ2v) is 2.83. The maximum absolute atomic E-state index is 10.3. The van der Waals surface area contributed by atoms with Crippen molar-refractivity contribution in [1.82, 2.24) is 5.32 Å². The summed E-state index contributed by atoms with van der Waals surface area (Å²) in [5.74, 6) is 0.456. The van der Waals surface area contributed by atoms with Gasteiger partial charge in [-0.3, -0.25) is 10.1 Å². The third-order valence-electron chi connectivity index (χ3n) is 1.69. The van der Waals surface area contributed by atoms with Gasteiger partial charge in [-0.25, -0.2) is 4.79 Å². The molecule has 0 bridgehead atoms. The molecule has 0 radical (unpaired) electrons. The lowest BCUT2D eigenvalue weighted by molar-refractivity contribution is -0.384. The van der Waals surface area contributed by atoms with Crippen LogP contribution in [0.25, 0.3) is 0 Å². The van der Waals surface area contributed by atoms with Crippen molar-refractivity contribution in [3.63, 3.8) is 0 Å². The Hall–Kier alpha value is -2.31. The SMILES string of the molecule is O=C(O)NCCOc1ccc([N+](=O)[O-])cc1. The smallest absolute Gasteiger partial charge is 0.404 e. The summed E-state index contributed by atoms with van der Waals surface area (Å²) < 4.78 is 5.14. The van der Waals surface area contributed by atoms with Gasteiger partial charge in [-0.15, -0.1) is 0 Å². The largest absolute Gasteiger partial charge is 0.492 e. The van der Waals surface area contributed by atoms with Gasteiger partial charge in [0.1, 0.15) is 12.4 Å². The van der Waals surface area contributed by atoms with Gasteiger partial charge >= 0.3 is 6.09 Å². The average molecular weight is 226 g/mol. The van der Waals surface area contributed by atoms with E-state index >= 15 is 0 Å². The van der Waals surface area contributed by atoms with Crippen LogP contribution in [0.4, 0.5) is 10.5 Å². The van der Waals surface area contributed by atoms with Crippen LogP contribution in [0.15, 0.2) is 24.3 Å². The number of nitro benzene ring substituents is 1. The molecular weight excluding hydrogens is 216 g/mol. The second-order valence-electron chi connectivity index (χ2n) is 2.83. The van der Waals surface area contributed by atoms with E-state index in [1.54, 1.807) is 0 Å². The van der Waals surface area contributed by atoms with E-state index in [1.807, 2.05) is 0 Å². The van der Waals surface area contributed by atoms with Gasteiger partial charge in [-0.1, -0.05) is 0 Å². The molecule has 0 spiro atoms. The number of ether oxygens (including phenoxy) is 1.